The van der Waals surface area contributed by atoms with E-state index < -0.39 is 0 Å². The maximum absolute atomic E-state index is 5.41. The van der Waals surface area contributed by atoms with E-state index in [4.69, 9.17) is 14.5 Å². The molecule has 1 aromatic heterocycles. The van der Waals surface area contributed by atoms with Crippen molar-refractivity contribution >= 4 is 17.0 Å². The van der Waals surface area contributed by atoms with Crippen LogP contribution in [-0.4, -0.2) is 18.8 Å². The van der Waals surface area contributed by atoms with Crippen molar-refractivity contribution in [3.05, 3.63) is 58.7 Å². The van der Waals surface area contributed by atoms with Gasteiger partial charge in [0.05, 0.1) is 19.9 Å². The number of hydrogen-bond acceptors (Lipinski definition) is 4. The molecule has 0 atom stereocenters. The molecular weight excluding hydrogens is 308 g/mol. The summed E-state index contributed by atoms with van der Waals surface area (Å²) in [6, 6.07) is 15.9. The largest absolute Gasteiger partial charge is 0.497 e. The molecule has 3 aromatic rings. The molecule has 5 heteroatoms. The van der Waals surface area contributed by atoms with E-state index in [9.17, 15) is 0 Å². The molecule has 23 heavy (non-hydrogen) atoms. The first-order valence-corrected chi connectivity index (χ1v) is 8.07. The molecule has 2 aromatic carbocycles. The third-order valence-corrected chi connectivity index (χ3v) is 4.51. The molecule has 0 saturated heterocycles. The van der Waals surface area contributed by atoms with E-state index >= 15 is 0 Å². The summed E-state index contributed by atoms with van der Waals surface area (Å²) >= 11 is 1.60. The molecule has 0 aliphatic heterocycles. The number of hydrogen-bond donors (Lipinski definition) is 0. The zero-order valence-electron chi connectivity index (χ0n) is 13.3. The standard InChI is InChI=1S/C18H18N2O2S/c1-20-16(13-7-5-4-6-8-13)12-23-18(20)19-15-10-9-14(21-2)11-17(15)22-3/h4-12H,1-3H3. The van der Waals surface area contributed by atoms with Crippen LogP contribution in [0, 0.1) is 0 Å². The van der Waals surface area contributed by atoms with E-state index in [0.717, 1.165) is 21.9 Å². The average Bonchev–Trinajstić information content (AvgIpc) is 2.96. The SMILES string of the molecule is COc1ccc(N=c2scc(-c3ccccc3)n2C)c(OC)c1. The maximum Gasteiger partial charge on any atom is 0.190 e. The van der Waals surface area contributed by atoms with Crippen molar-refractivity contribution < 1.29 is 9.47 Å². The summed E-state index contributed by atoms with van der Waals surface area (Å²) in [6.45, 7) is 0. The van der Waals surface area contributed by atoms with E-state index in [1.807, 2.05) is 43.4 Å². The second-order valence-electron chi connectivity index (χ2n) is 4.98. The molecule has 0 radical (unpaired) electrons. The average molecular weight is 326 g/mol. The van der Waals surface area contributed by atoms with Gasteiger partial charge in [-0.3, -0.25) is 0 Å². The summed E-state index contributed by atoms with van der Waals surface area (Å²) in [5.41, 5.74) is 3.10. The van der Waals surface area contributed by atoms with Crippen LogP contribution < -0.4 is 14.3 Å². The fourth-order valence-corrected chi connectivity index (χ4v) is 3.24. The number of thiazole rings is 1. The van der Waals surface area contributed by atoms with E-state index in [-0.39, 0.29) is 0 Å². The van der Waals surface area contributed by atoms with Crippen LogP contribution in [0.1, 0.15) is 0 Å². The molecule has 0 fully saturated rings. The van der Waals surface area contributed by atoms with E-state index in [0.29, 0.717) is 5.75 Å². The van der Waals surface area contributed by atoms with Crippen molar-refractivity contribution in [3.8, 4) is 22.8 Å². The number of ether oxygens (including phenoxy) is 2. The topological polar surface area (TPSA) is 35.8 Å². The van der Waals surface area contributed by atoms with Gasteiger partial charge in [-0.2, -0.15) is 0 Å². The van der Waals surface area contributed by atoms with Gasteiger partial charge in [-0.1, -0.05) is 30.3 Å². The second kappa shape index (κ2) is 6.71. The van der Waals surface area contributed by atoms with Gasteiger partial charge in [0.1, 0.15) is 17.2 Å². The Morgan fingerprint density at radius 3 is 2.48 bits per heavy atom. The molecule has 0 spiro atoms. The molecule has 1 heterocycles. The smallest absolute Gasteiger partial charge is 0.190 e. The van der Waals surface area contributed by atoms with Crippen molar-refractivity contribution in [2.75, 3.05) is 14.2 Å². The molecule has 0 amide bonds. The third kappa shape index (κ3) is 3.14. The van der Waals surface area contributed by atoms with Gasteiger partial charge in [-0.25, -0.2) is 4.99 Å². The van der Waals surface area contributed by atoms with E-state index in [1.165, 1.54) is 5.56 Å². The van der Waals surface area contributed by atoms with Gasteiger partial charge < -0.3 is 14.0 Å². The summed E-state index contributed by atoms with van der Waals surface area (Å²) < 4.78 is 12.7. The first-order chi connectivity index (χ1) is 11.2. The van der Waals surface area contributed by atoms with Crippen LogP contribution in [0.2, 0.25) is 0 Å². The van der Waals surface area contributed by atoms with Crippen molar-refractivity contribution in [1.82, 2.24) is 4.57 Å². The lowest BCUT2D eigenvalue weighted by atomic mass is 10.2. The van der Waals surface area contributed by atoms with Crippen LogP contribution in [-0.2, 0) is 7.05 Å². The Kier molecular flexibility index (Phi) is 4.48. The maximum atomic E-state index is 5.41. The predicted octanol–water partition coefficient (Wildman–Crippen LogP) is 4.00. The molecular formula is C18H18N2O2S. The van der Waals surface area contributed by atoms with Crippen molar-refractivity contribution in [2.45, 2.75) is 0 Å². The number of nitrogens with zero attached hydrogens (tertiary/aromatic N) is 2. The summed E-state index contributed by atoms with van der Waals surface area (Å²) in [4.78, 5) is 5.64. The van der Waals surface area contributed by atoms with E-state index in [1.54, 1.807) is 25.6 Å². The minimum Gasteiger partial charge on any atom is -0.497 e. The molecule has 0 N–H and O–H groups in total. The lowest BCUT2D eigenvalue weighted by Gasteiger charge is -2.07. The fraction of sp³-hybridized carbons (Fsp3) is 0.167. The zero-order valence-corrected chi connectivity index (χ0v) is 14.1. The van der Waals surface area contributed by atoms with E-state index in [2.05, 4.69) is 22.1 Å². The normalized spacial score (nSPS) is 11.5. The summed E-state index contributed by atoms with van der Waals surface area (Å²) in [6.07, 6.45) is 0. The highest BCUT2D eigenvalue weighted by Gasteiger charge is 2.07. The van der Waals surface area contributed by atoms with Gasteiger partial charge in [0.2, 0.25) is 0 Å². The highest BCUT2D eigenvalue weighted by atomic mass is 32.1. The molecule has 118 valence electrons. The van der Waals surface area contributed by atoms with Gasteiger partial charge in [0, 0.05) is 18.5 Å². The summed E-state index contributed by atoms with van der Waals surface area (Å²) in [5.74, 6) is 1.44. The molecule has 0 aliphatic rings. The van der Waals surface area contributed by atoms with Gasteiger partial charge in [-0.15, -0.1) is 11.3 Å². The quantitative estimate of drug-likeness (QED) is 0.726. The molecule has 0 bridgehead atoms. The van der Waals surface area contributed by atoms with Gasteiger partial charge >= 0.3 is 0 Å². The van der Waals surface area contributed by atoms with Crippen LogP contribution >= 0.6 is 11.3 Å². The highest BCUT2D eigenvalue weighted by molar-refractivity contribution is 7.07. The summed E-state index contributed by atoms with van der Waals surface area (Å²) in [7, 11) is 5.29. The Morgan fingerprint density at radius 2 is 1.78 bits per heavy atom. The van der Waals surface area contributed by atoms with Gasteiger partial charge in [0.15, 0.2) is 4.80 Å². The van der Waals surface area contributed by atoms with Crippen molar-refractivity contribution in [2.24, 2.45) is 12.0 Å². The number of methoxy groups -OCH3 is 2. The zero-order chi connectivity index (χ0) is 16.2. The number of rotatable bonds is 4. The van der Waals surface area contributed by atoms with Gasteiger partial charge in [0.25, 0.3) is 0 Å². The molecule has 0 saturated carbocycles. The lowest BCUT2D eigenvalue weighted by molar-refractivity contribution is 0.395. The molecule has 0 aliphatic carbocycles. The second-order valence-corrected chi connectivity index (χ2v) is 5.81. The summed E-state index contributed by atoms with van der Waals surface area (Å²) in [5, 5.41) is 2.12. The predicted molar refractivity (Wildman–Crippen MR) is 93.5 cm³/mol. The van der Waals surface area contributed by atoms with Crippen LogP contribution in [0.5, 0.6) is 11.5 Å². The first kappa shape index (κ1) is 15.4. The molecule has 4 nitrogen and oxygen atoms in total. The third-order valence-electron chi connectivity index (χ3n) is 3.60. The fourth-order valence-electron chi connectivity index (χ4n) is 2.32. The molecule has 0 unspecified atom stereocenters. The Balaban J connectivity index is 2.06. The Bertz CT molecular complexity index is 866. The first-order valence-electron chi connectivity index (χ1n) is 7.19. The van der Waals surface area contributed by atoms with Crippen molar-refractivity contribution in [3.63, 3.8) is 0 Å². The van der Waals surface area contributed by atoms with Crippen LogP contribution in [0.25, 0.3) is 11.3 Å². The highest BCUT2D eigenvalue weighted by Crippen LogP contribution is 2.31. The van der Waals surface area contributed by atoms with Crippen molar-refractivity contribution in [1.29, 1.82) is 0 Å². The van der Waals surface area contributed by atoms with Crippen LogP contribution in [0.15, 0.2) is 58.9 Å². The number of aromatic nitrogens is 1. The van der Waals surface area contributed by atoms with Crippen LogP contribution in [0.4, 0.5) is 5.69 Å². The van der Waals surface area contributed by atoms with Crippen LogP contribution in [0.3, 0.4) is 0 Å². The number of benzene rings is 2. The Labute approximate surface area is 139 Å². The Hall–Kier alpha value is -2.53. The lowest BCUT2D eigenvalue weighted by Crippen LogP contribution is -2.10. The minimum absolute atomic E-state index is 0.694. The van der Waals surface area contributed by atoms with Gasteiger partial charge in [-0.05, 0) is 17.7 Å². The Morgan fingerprint density at radius 1 is 1.00 bits per heavy atom. The minimum atomic E-state index is 0.694. The molecule has 3 rings (SSSR count). The monoisotopic (exact) mass is 326 g/mol.